The van der Waals surface area contributed by atoms with Crippen LogP contribution in [-0.4, -0.2) is 15.0 Å². The summed E-state index contributed by atoms with van der Waals surface area (Å²) in [6.45, 7) is 4.53. The zero-order valence-corrected chi connectivity index (χ0v) is 29.7. The highest BCUT2D eigenvalue weighted by atomic mass is 16.6. The van der Waals surface area contributed by atoms with Crippen molar-refractivity contribution in [3.8, 4) is 90.5 Å². The molecule has 0 amide bonds. The van der Waals surface area contributed by atoms with Crippen LogP contribution in [0, 0.1) is 0 Å². The molecule has 10 rings (SSSR count). The topological polar surface area (TPSA) is 83.2 Å². The predicted molar refractivity (Wildman–Crippen MR) is 216 cm³/mol. The van der Waals surface area contributed by atoms with Crippen LogP contribution in [0.3, 0.4) is 0 Å². The number of ether oxygens (including phenoxy) is 2. The van der Waals surface area contributed by atoms with E-state index in [2.05, 4.69) is 86.6 Å². The molecule has 6 heteroatoms. The van der Waals surface area contributed by atoms with E-state index < -0.39 is 0 Å². The number of rotatable bonds is 5. The van der Waals surface area contributed by atoms with Gasteiger partial charge in [0.1, 0.15) is 0 Å². The number of aromatic nitrogens is 3. The fourth-order valence-corrected chi connectivity index (χ4v) is 7.77. The van der Waals surface area contributed by atoms with Crippen LogP contribution in [0.1, 0.15) is 25.0 Å². The second-order valence-corrected chi connectivity index (χ2v) is 14.3. The summed E-state index contributed by atoms with van der Waals surface area (Å²) in [7, 11) is 0. The van der Waals surface area contributed by atoms with Crippen LogP contribution in [0.25, 0.3) is 67.5 Å². The van der Waals surface area contributed by atoms with E-state index in [4.69, 9.17) is 30.2 Å². The summed E-state index contributed by atoms with van der Waals surface area (Å²) in [6.07, 6.45) is 0. The van der Waals surface area contributed by atoms with Crippen molar-refractivity contribution in [3.63, 3.8) is 0 Å². The lowest BCUT2D eigenvalue weighted by molar-refractivity contribution is 0.359. The molecule has 1 aromatic heterocycles. The number of hydrogen-bond acceptors (Lipinski definition) is 6. The molecule has 1 aliphatic carbocycles. The molecule has 2 N–H and O–H groups in total. The molecule has 7 aromatic carbocycles. The minimum Gasteiger partial charge on any atom is -0.450 e. The summed E-state index contributed by atoms with van der Waals surface area (Å²) in [5, 5.41) is 0. The average Bonchev–Trinajstić information content (AvgIpc) is 3.44. The minimum absolute atomic E-state index is 0.132. The maximum absolute atomic E-state index is 6.63. The third-order valence-electron chi connectivity index (χ3n) is 10.5. The van der Waals surface area contributed by atoms with E-state index in [1.807, 2.05) is 84.9 Å². The van der Waals surface area contributed by atoms with E-state index in [9.17, 15) is 0 Å². The van der Waals surface area contributed by atoms with Gasteiger partial charge in [0.25, 0.3) is 0 Å². The third kappa shape index (κ3) is 5.30. The summed E-state index contributed by atoms with van der Waals surface area (Å²) in [5.74, 6) is 4.49. The molecule has 54 heavy (non-hydrogen) atoms. The quantitative estimate of drug-likeness (QED) is 0.180. The molecule has 6 nitrogen and oxygen atoms in total. The number of benzene rings is 7. The van der Waals surface area contributed by atoms with Crippen LogP contribution in [0.4, 0.5) is 5.69 Å². The molecule has 0 saturated carbocycles. The van der Waals surface area contributed by atoms with Crippen molar-refractivity contribution in [2.24, 2.45) is 0 Å². The van der Waals surface area contributed by atoms with E-state index in [1.54, 1.807) is 0 Å². The van der Waals surface area contributed by atoms with Gasteiger partial charge in [-0.2, -0.15) is 0 Å². The molecule has 8 aromatic rings. The Hall–Kier alpha value is -7.05. The van der Waals surface area contributed by atoms with Crippen molar-refractivity contribution in [2.45, 2.75) is 19.3 Å². The second-order valence-electron chi connectivity index (χ2n) is 14.3. The van der Waals surface area contributed by atoms with Crippen molar-refractivity contribution < 1.29 is 9.47 Å². The molecule has 0 fully saturated rings. The van der Waals surface area contributed by atoms with Gasteiger partial charge in [-0.25, -0.2) is 15.0 Å². The maximum Gasteiger partial charge on any atom is 0.170 e. The number of nitrogens with two attached hydrogens (primary N) is 1. The molecule has 2 heterocycles. The largest absolute Gasteiger partial charge is 0.450 e. The number of nitrogen functional groups attached to an aromatic ring is 1. The van der Waals surface area contributed by atoms with Gasteiger partial charge in [0, 0.05) is 27.8 Å². The van der Waals surface area contributed by atoms with Gasteiger partial charge in [0.15, 0.2) is 40.5 Å². The highest BCUT2D eigenvalue weighted by Crippen LogP contribution is 2.55. The van der Waals surface area contributed by atoms with Crippen LogP contribution in [0.5, 0.6) is 23.0 Å². The molecule has 0 radical (unpaired) electrons. The van der Waals surface area contributed by atoms with Gasteiger partial charge in [-0.1, -0.05) is 129 Å². The monoisotopic (exact) mass is 698 g/mol. The van der Waals surface area contributed by atoms with Crippen LogP contribution in [-0.2, 0) is 5.41 Å². The molecule has 0 bridgehead atoms. The Balaban J connectivity index is 1.06. The van der Waals surface area contributed by atoms with Crippen LogP contribution < -0.4 is 15.2 Å². The number of nitrogens with zero attached hydrogens (tertiary/aromatic N) is 3. The third-order valence-corrected chi connectivity index (χ3v) is 10.5. The van der Waals surface area contributed by atoms with E-state index in [0.717, 1.165) is 44.7 Å². The lowest BCUT2D eigenvalue weighted by Crippen LogP contribution is -2.15. The predicted octanol–water partition coefficient (Wildman–Crippen LogP) is 12.0. The van der Waals surface area contributed by atoms with Crippen molar-refractivity contribution in [1.82, 2.24) is 15.0 Å². The zero-order valence-electron chi connectivity index (χ0n) is 29.7. The normalized spacial score (nSPS) is 13.1. The lowest BCUT2D eigenvalue weighted by Gasteiger charge is -2.25. The minimum atomic E-state index is -0.132. The Kier molecular flexibility index (Phi) is 7.20. The second kappa shape index (κ2) is 12.3. The SMILES string of the molecule is CC1(C)c2ccccc2-c2cc3c(cc21)Oc1ccc(-c2ccccc2-c2nc(-c4ccccc4)nc(-c4cccc(-c5cccc(N)c5)c4)n2)cc1O3. The molecular weight excluding hydrogens is 665 g/mol. The molecule has 2 aliphatic rings. The maximum atomic E-state index is 6.63. The summed E-state index contributed by atoms with van der Waals surface area (Å²) in [6, 6.07) is 53.3. The molecule has 0 saturated heterocycles. The molecule has 0 atom stereocenters. The van der Waals surface area contributed by atoms with E-state index in [0.29, 0.717) is 40.4 Å². The van der Waals surface area contributed by atoms with Gasteiger partial charge in [-0.3, -0.25) is 0 Å². The zero-order chi connectivity index (χ0) is 36.4. The smallest absolute Gasteiger partial charge is 0.170 e. The van der Waals surface area contributed by atoms with Crippen molar-refractivity contribution in [2.75, 3.05) is 5.73 Å². The van der Waals surface area contributed by atoms with Crippen molar-refractivity contribution >= 4 is 5.69 Å². The van der Waals surface area contributed by atoms with Crippen LogP contribution in [0.2, 0.25) is 0 Å². The first-order chi connectivity index (χ1) is 26.4. The summed E-state index contributed by atoms with van der Waals surface area (Å²) in [4.78, 5) is 15.2. The first kappa shape index (κ1) is 31.7. The molecule has 0 spiro atoms. The Bertz CT molecular complexity index is 2770. The Labute approximate surface area is 313 Å². The van der Waals surface area contributed by atoms with E-state index in [-0.39, 0.29) is 5.41 Å². The lowest BCUT2D eigenvalue weighted by atomic mass is 9.82. The summed E-state index contributed by atoms with van der Waals surface area (Å²) >= 11 is 0. The summed E-state index contributed by atoms with van der Waals surface area (Å²) in [5.41, 5.74) is 18.3. The molecule has 258 valence electrons. The first-order valence-electron chi connectivity index (χ1n) is 18.0. The van der Waals surface area contributed by atoms with Gasteiger partial charge in [0.05, 0.1) is 0 Å². The standard InChI is InChI=1S/C48H34N4O2/c1-48(2)39-21-9-8-19-36(39)38-27-43-44(28-40(38)48)53-41-23-22-32(26-42(41)54-43)35-18-6-7-20-37(35)47-51-45(29-12-4-3-5-13-29)50-46(52-47)33-16-10-14-30(24-33)31-15-11-17-34(49)25-31/h3-28H,49H2,1-2H3. The van der Waals surface area contributed by atoms with E-state index in [1.165, 1.54) is 22.3 Å². The van der Waals surface area contributed by atoms with Gasteiger partial charge in [-0.15, -0.1) is 0 Å². The van der Waals surface area contributed by atoms with Gasteiger partial charge in [-0.05, 0) is 87.0 Å². The molecular formula is C48H34N4O2. The van der Waals surface area contributed by atoms with Gasteiger partial charge < -0.3 is 15.2 Å². The summed E-state index contributed by atoms with van der Waals surface area (Å²) < 4.78 is 13.1. The fourth-order valence-electron chi connectivity index (χ4n) is 7.77. The first-order valence-corrected chi connectivity index (χ1v) is 18.0. The van der Waals surface area contributed by atoms with Crippen LogP contribution in [0.15, 0.2) is 158 Å². The Morgan fingerprint density at radius 3 is 1.80 bits per heavy atom. The molecule has 1 aliphatic heterocycles. The van der Waals surface area contributed by atoms with Crippen molar-refractivity contribution in [1.29, 1.82) is 0 Å². The number of anilines is 1. The number of hydrogen-bond donors (Lipinski definition) is 1. The Morgan fingerprint density at radius 1 is 0.389 bits per heavy atom. The fraction of sp³-hybridized carbons (Fsp3) is 0.0625. The average molecular weight is 699 g/mol. The van der Waals surface area contributed by atoms with E-state index >= 15 is 0 Å². The van der Waals surface area contributed by atoms with Gasteiger partial charge >= 0.3 is 0 Å². The number of fused-ring (bicyclic) bond motifs is 5. The van der Waals surface area contributed by atoms with Crippen molar-refractivity contribution in [3.05, 3.63) is 169 Å². The highest BCUT2D eigenvalue weighted by molar-refractivity contribution is 5.85. The highest BCUT2D eigenvalue weighted by Gasteiger charge is 2.37. The molecule has 0 unspecified atom stereocenters. The van der Waals surface area contributed by atoms with Gasteiger partial charge in [0.2, 0.25) is 0 Å². The van der Waals surface area contributed by atoms with Crippen LogP contribution >= 0.6 is 0 Å². The Morgan fingerprint density at radius 2 is 0.981 bits per heavy atom.